The van der Waals surface area contributed by atoms with Crippen LogP contribution < -0.4 is 14.8 Å². The number of ether oxygens (including phenoxy) is 2. The van der Waals surface area contributed by atoms with Crippen LogP contribution in [0.5, 0.6) is 11.5 Å². The smallest absolute Gasteiger partial charge is 0.230 e. The minimum Gasteiger partial charge on any atom is -0.493 e. The van der Waals surface area contributed by atoms with E-state index in [4.69, 9.17) is 9.47 Å². The third-order valence-corrected chi connectivity index (χ3v) is 4.30. The van der Waals surface area contributed by atoms with Gasteiger partial charge < -0.3 is 14.8 Å². The fourth-order valence-electron chi connectivity index (χ4n) is 2.76. The first kappa shape index (κ1) is 15.3. The quantitative estimate of drug-likeness (QED) is 0.890. The molecule has 1 aromatic heterocycles. The minimum absolute atomic E-state index is 0.0496. The molecule has 1 heterocycles. The first-order valence-corrected chi connectivity index (χ1v) is 7.59. The molecule has 1 N–H and O–H groups in total. The Kier molecular flexibility index (Phi) is 4.19. The molecule has 1 saturated carbocycles. The van der Waals surface area contributed by atoms with Crippen molar-refractivity contribution in [3.63, 3.8) is 0 Å². The van der Waals surface area contributed by atoms with Gasteiger partial charge in [-0.05, 0) is 42.2 Å². The van der Waals surface area contributed by atoms with Crippen molar-refractivity contribution in [1.29, 1.82) is 0 Å². The zero-order valence-corrected chi connectivity index (χ0v) is 13.3. The number of methoxy groups -OCH3 is 2. The second-order valence-corrected chi connectivity index (χ2v) is 5.70. The molecule has 0 atom stereocenters. The number of nitrogens with zero attached hydrogens (tertiary/aromatic N) is 1. The molecule has 1 aliphatic carbocycles. The third-order valence-electron chi connectivity index (χ3n) is 4.30. The summed E-state index contributed by atoms with van der Waals surface area (Å²) in [6.45, 7) is 0.488. The predicted octanol–water partition coefficient (Wildman–Crippen LogP) is 2.45. The Labute approximate surface area is 135 Å². The Bertz CT molecular complexity index is 697. The van der Waals surface area contributed by atoms with E-state index in [1.54, 1.807) is 26.6 Å². The summed E-state index contributed by atoms with van der Waals surface area (Å²) >= 11 is 0. The van der Waals surface area contributed by atoms with Crippen molar-refractivity contribution < 1.29 is 14.3 Å². The number of nitrogens with one attached hydrogen (secondary N) is 1. The second-order valence-electron chi connectivity index (χ2n) is 5.70. The van der Waals surface area contributed by atoms with Crippen LogP contribution in [0.2, 0.25) is 0 Å². The van der Waals surface area contributed by atoms with Crippen LogP contribution in [0.15, 0.2) is 42.7 Å². The van der Waals surface area contributed by atoms with Gasteiger partial charge in [-0.25, -0.2) is 0 Å². The lowest BCUT2D eigenvalue weighted by atomic mass is 9.94. The van der Waals surface area contributed by atoms with Crippen molar-refractivity contribution in [1.82, 2.24) is 10.3 Å². The Morgan fingerprint density at radius 3 is 2.61 bits per heavy atom. The van der Waals surface area contributed by atoms with Crippen LogP contribution >= 0.6 is 0 Å². The van der Waals surface area contributed by atoms with Gasteiger partial charge in [0.05, 0.1) is 19.6 Å². The van der Waals surface area contributed by atoms with Crippen LogP contribution in [0.25, 0.3) is 0 Å². The number of aromatic nitrogens is 1. The van der Waals surface area contributed by atoms with Gasteiger partial charge in [0.2, 0.25) is 5.91 Å². The summed E-state index contributed by atoms with van der Waals surface area (Å²) in [6.07, 6.45) is 5.18. The van der Waals surface area contributed by atoms with E-state index in [-0.39, 0.29) is 5.91 Å². The summed E-state index contributed by atoms with van der Waals surface area (Å²) in [4.78, 5) is 16.7. The lowest BCUT2D eigenvalue weighted by Crippen LogP contribution is -2.34. The van der Waals surface area contributed by atoms with Crippen molar-refractivity contribution >= 4 is 5.91 Å². The van der Waals surface area contributed by atoms with Gasteiger partial charge in [-0.2, -0.15) is 0 Å². The van der Waals surface area contributed by atoms with Gasteiger partial charge in [-0.3, -0.25) is 9.78 Å². The molecule has 1 aromatic carbocycles. The fraction of sp³-hybridized carbons (Fsp3) is 0.333. The predicted molar refractivity (Wildman–Crippen MR) is 86.5 cm³/mol. The molecule has 1 fully saturated rings. The van der Waals surface area contributed by atoms with Gasteiger partial charge in [0.25, 0.3) is 0 Å². The van der Waals surface area contributed by atoms with Crippen LogP contribution in [0, 0.1) is 0 Å². The number of hydrogen-bond acceptors (Lipinski definition) is 4. The highest BCUT2D eigenvalue weighted by Crippen LogP contribution is 2.50. The van der Waals surface area contributed by atoms with Gasteiger partial charge in [0.1, 0.15) is 0 Å². The highest BCUT2D eigenvalue weighted by molar-refractivity contribution is 5.91. The maximum Gasteiger partial charge on any atom is 0.230 e. The maximum atomic E-state index is 12.7. The molecular formula is C18H20N2O3. The summed E-state index contributed by atoms with van der Waals surface area (Å²) in [5, 5.41) is 3.02. The molecular weight excluding hydrogens is 292 g/mol. The van der Waals surface area contributed by atoms with E-state index in [9.17, 15) is 4.79 Å². The molecule has 1 amide bonds. The van der Waals surface area contributed by atoms with Gasteiger partial charge in [-0.1, -0.05) is 12.1 Å². The highest BCUT2D eigenvalue weighted by atomic mass is 16.5. The van der Waals surface area contributed by atoms with Crippen molar-refractivity contribution in [2.24, 2.45) is 0 Å². The monoisotopic (exact) mass is 312 g/mol. The van der Waals surface area contributed by atoms with Crippen LogP contribution in [0.4, 0.5) is 0 Å². The summed E-state index contributed by atoms with van der Waals surface area (Å²) in [7, 11) is 3.20. The number of amides is 1. The molecule has 0 radical (unpaired) electrons. The van der Waals surface area contributed by atoms with Crippen molar-refractivity contribution in [2.75, 3.05) is 14.2 Å². The van der Waals surface area contributed by atoms with E-state index in [1.165, 1.54) is 0 Å². The molecule has 120 valence electrons. The van der Waals surface area contributed by atoms with Gasteiger partial charge in [0.15, 0.2) is 11.5 Å². The molecule has 5 heteroatoms. The van der Waals surface area contributed by atoms with Crippen molar-refractivity contribution in [3.05, 3.63) is 53.9 Å². The molecule has 3 rings (SSSR count). The molecule has 0 aliphatic heterocycles. The molecule has 0 bridgehead atoms. The Morgan fingerprint density at radius 1 is 1.22 bits per heavy atom. The first-order valence-electron chi connectivity index (χ1n) is 7.59. The zero-order valence-electron chi connectivity index (χ0n) is 13.3. The van der Waals surface area contributed by atoms with E-state index in [2.05, 4.69) is 10.3 Å². The van der Waals surface area contributed by atoms with Crippen molar-refractivity contribution in [3.8, 4) is 11.5 Å². The number of rotatable bonds is 6. The lowest BCUT2D eigenvalue weighted by molar-refractivity contribution is -0.123. The summed E-state index contributed by atoms with van der Waals surface area (Å²) < 4.78 is 10.6. The largest absolute Gasteiger partial charge is 0.493 e. The average molecular weight is 312 g/mol. The molecule has 0 unspecified atom stereocenters. The van der Waals surface area contributed by atoms with Gasteiger partial charge >= 0.3 is 0 Å². The average Bonchev–Trinajstić information content (AvgIpc) is 3.42. The molecule has 0 spiro atoms. The Morgan fingerprint density at radius 2 is 2.00 bits per heavy atom. The molecule has 5 nitrogen and oxygen atoms in total. The van der Waals surface area contributed by atoms with E-state index in [0.717, 1.165) is 24.0 Å². The first-order chi connectivity index (χ1) is 11.2. The fourth-order valence-corrected chi connectivity index (χ4v) is 2.76. The maximum absolute atomic E-state index is 12.7. The van der Waals surface area contributed by atoms with Crippen molar-refractivity contribution in [2.45, 2.75) is 24.8 Å². The number of benzene rings is 1. The van der Waals surface area contributed by atoms with E-state index >= 15 is 0 Å². The standard InChI is InChI=1S/C18H20N2O3/c1-22-15-6-5-14(10-16(15)23-2)18(7-8-18)17(21)20-12-13-4-3-9-19-11-13/h3-6,9-11H,7-8,12H2,1-2H3,(H,20,21). The van der Waals surface area contributed by atoms with E-state index in [0.29, 0.717) is 18.0 Å². The molecule has 0 saturated heterocycles. The van der Waals surface area contributed by atoms with Gasteiger partial charge in [0, 0.05) is 18.9 Å². The second kappa shape index (κ2) is 6.28. The van der Waals surface area contributed by atoms with Crippen LogP contribution in [0.3, 0.4) is 0 Å². The Balaban J connectivity index is 1.75. The van der Waals surface area contributed by atoms with Crippen LogP contribution in [-0.4, -0.2) is 25.1 Å². The lowest BCUT2D eigenvalue weighted by Gasteiger charge is -2.17. The Hall–Kier alpha value is -2.56. The summed E-state index contributed by atoms with van der Waals surface area (Å²) in [5.41, 5.74) is 1.52. The molecule has 23 heavy (non-hydrogen) atoms. The number of carbonyl (C=O) groups is 1. The molecule has 1 aliphatic rings. The summed E-state index contributed by atoms with van der Waals surface area (Å²) in [5.74, 6) is 1.37. The third kappa shape index (κ3) is 2.99. The van der Waals surface area contributed by atoms with Crippen LogP contribution in [-0.2, 0) is 16.8 Å². The van der Waals surface area contributed by atoms with Gasteiger partial charge in [-0.15, -0.1) is 0 Å². The highest BCUT2D eigenvalue weighted by Gasteiger charge is 2.51. The number of carbonyl (C=O) groups excluding carboxylic acids is 1. The topological polar surface area (TPSA) is 60.5 Å². The SMILES string of the molecule is COc1ccc(C2(C(=O)NCc3cccnc3)CC2)cc1OC. The van der Waals surface area contributed by atoms with E-state index in [1.807, 2.05) is 30.3 Å². The van der Waals surface area contributed by atoms with E-state index < -0.39 is 5.41 Å². The minimum atomic E-state index is -0.443. The number of pyridine rings is 1. The number of hydrogen-bond donors (Lipinski definition) is 1. The summed E-state index contributed by atoms with van der Waals surface area (Å²) in [6, 6.07) is 9.50. The van der Waals surface area contributed by atoms with Crippen LogP contribution in [0.1, 0.15) is 24.0 Å². The normalized spacial score (nSPS) is 14.9. The molecule has 2 aromatic rings. The zero-order chi connectivity index (χ0) is 16.3.